The first-order valence-corrected chi connectivity index (χ1v) is 11.1. The predicted molar refractivity (Wildman–Crippen MR) is 125 cm³/mol. The van der Waals surface area contributed by atoms with Gasteiger partial charge in [-0.15, -0.1) is 0 Å². The zero-order valence-corrected chi connectivity index (χ0v) is 18.3. The summed E-state index contributed by atoms with van der Waals surface area (Å²) in [5.74, 6) is -0.251. The number of rotatable bonds is 7. The van der Waals surface area contributed by atoms with Crippen LogP contribution in [0.15, 0.2) is 84.9 Å². The summed E-state index contributed by atoms with van der Waals surface area (Å²) in [5.41, 5.74) is 2.77. The molecule has 0 aromatic heterocycles. The Morgan fingerprint density at radius 1 is 0.969 bits per heavy atom. The standard InChI is InChI=1S/C27H30N2O3/c1-28(25(19-29-16-15-24(31)18-29)22-13-8-14-23(30)17-22)27(32)26(20-9-4-2-5-10-20)21-11-6-3-7-12-21/h2-14,17,24-26,30-31H,15-16,18-19H2,1H3/t24-,25+/m0/s1. The Labute approximate surface area is 189 Å². The number of aliphatic hydroxyl groups excluding tert-OH is 1. The van der Waals surface area contributed by atoms with Crippen molar-refractivity contribution in [1.29, 1.82) is 0 Å². The summed E-state index contributed by atoms with van der Waals surface area (Å²) in [6.45, 7) is 1.98. The fourth-order valence-electron chi connectivity index (χ4n) is 4.53. The molecule has 0 radical (unpaired) electrons. The monoisotopic (exact) mass is 430 g/mol. The van der Waals surface area contributed by atoms with Crippen molar-refractivity contribution in [2.24, 2.45) is 0 Å². The molecule has 1 saturated heterocycles. The van der Waals surface area contributed by atoms with Gasteiger partial charge in [-0.3, -0.25) is 9.69 Å². The van der Waals surface area contributed by atoms with E-state index in [-0.39, 0.29) is 23.8 Å². The molecule has 3 aromatic rings. The fraction of sp³-hybridized carbons (Fsp3) is 0.296. The molecule has 0 unspecified atom stereocenters. The highest BCUT2D eigenvalue weighted by atomic mass is 16.3. The molecule has 5 heteroatoms. The Morgan fingerprint density at radius 3 is 2.09 bits per heavy atom. The number of hydrogen-bond donors (Lipinski definition) is 2. The minimum atomic E-state index is -0.425. The fourth-order valence-corrected chi connectivity index (χ4v) is 4.53. The van der Waals surface area contributed by atoms with E-state index in [0.717, 1.165) is 29.7 Å². The SMILES string of the molecule is CN(C(=O)C(c1ccccc1)c1ccccc1)[C@H](CN1CC[C@H](O)C1)c1cccc(O)c1. The molecule has 0 spiro atoms. The van der Waals surface area contributed by atoms with Crippen molar-refractivity contribution in [3.8, 4) is 5.75 Å². The Kier molecular flexibility index (Phi) is 6.88. The molecule has 166 valence electrons. The Morgan fingerprint density at radius 2 is 1.56 bits per heavy atom. The van der Waals surface area contributed by atoms with Gasteiger partial charge in [0.1, 0.15) is 5.75 Å². The molecule has 3 aromatic carbocycles. The Hall–Kier alpha value is -3.15. The number of aliphatic hydroxyl groups is 1. The molecule has 1 aliphatic rings. The Bertz CT molecular complexity index is 986. The van der Waals surface area contributed by atoms with Crippen LogP contribution in [0.25, 0.3) is 0 Å². The van der Waals surface area contributed by atoms with Gasteiger partial charge in [-0.05, 0) is 35.2 Å². The van der Waals surface area contributed by atoms with Crippen LogP contribution in [0.5, 0.6) is 5.75 Å². The van der Waals surface area contributed by atoms with Gasteiger partial charge < -0.3 is 15.1 Å². The van der Waals surface area contributed by atoms with Crippen LogP contribution in [0, 0.1) is 0 Å². The normalized spacial score (nSPS) is 17.4. The summed E-state index contributed by atoms with van der Waals surface area (Å²) < 4.78 is 0. The molecule has 2 N–H and O–H groups in total. The molecule has 0 saturated carbocycles. The summed E-state index contributed by atoms with van der Waals surface area (Å²) >= 11 is 0. The molecular weight excluding hydrogens is 400 g/mol. The summed E-state index contributed by atoms with van der Waals surface area (Å²) in [6.07, 6.45) is 0.406. The van der Waals surface area contributed by atoms with E-state index in [1.807, 2.05) is 73.8 Å². The number of likely N-dealkylation sites (N-methyl/N-ethyl adjacent to an activating group) is 1. The minimum Gasteiger partial charge on any atom is -0.508 e. The average Bonchev–Trinajstić information content (AvgIpc) is 3.23. The van der Waals surface area contributed by atoms with Crippen LogP contribution in [0.1, 0.15) is 35.1 Å². The number of amides is 1. The van der Waals surface area contributed by atoms with Gasteiger partial charge in [0.2, 0.25) is 5.91 Å². The van der Waals surface area contributed by atoms with Crippen molar-refractivity contribution in [2.75, 3.05) is 26.7 Å². The van der Waals surface area contributed by atoms with Crippen LogP contribution in [0.3, 0.4) is 0 Å². The summed E-state index contributed by atoms with van der Waals surface area (Å²) in [5, 5.41) is 20.1. The van der Waals surface area contributed by atoms with Crippen molar-refractivity contribution in [3.05, 3.63) is 102 Å². The first-order valence-electron chi connectivity index (χ1n) is 11.1. The molecule has 4 rings (SSSR count). The Balaban J connectivity index is 1.69. The van der Waals surface area contributed by atoms with Crippen molar-refractivity contribution < 1.29 is 15.0 Å². The van der Waals surface area contributed by atoms with E-state index in [1.165, 1.54) is 0 Å². The maximum absolute atomic E-state index is 14.0. The first kappa shape index (κ1) is 22.1. The van der Waals surface area contributed by atoms with Crippen LogP contribution >= 0.6 is 0 Å². The van der Waals surface area contributed by atoms with E-state index in [1.54, 1.807) is 23.1 Å². The van der Waals surface area contributed by atoms with E-state index in [9.17, 15) is 15.0 Å². The highest BCUT2D eigenvalue weighted by Crippen LogP contribution is 2.32. The number of phenolic OH excluding ortho intramolecular Hbond substituents is 1. The number of benzene rings is 3. The quantitative estimate of drug-likeness (QED) is 0.599. The van der Waals surface area contributed by atoms with E-state index in [4.69, 9.17) is 0 Å². The number of nitrogens with zero attached hydrogens (tertiary/aromatic N) is 2. The molecule has 5 nitrogen and oxygen atoms in total. The molecule has 2 atom stereocenters. The number of aromatic hydroxyl groups is 1. The van der Waals surface area contributed by atoms with Gasteiger partial charge in [0, 0.05) is 26.7 Å². The van der Waals surface area contributed by atoms with E-state index in [0.29, 0.717) is 13.1 Å². The second-order valence-corrected chi connectivity index (χ2v) is 8.52. The van der Waals surface area contributed by atoms with Crippen molar-refractivity contribution >= 4 is 5.91 Å². The maximum atomic E-state index is 14.0. The van der Waals surface area contributed by atoms with Gasteiger partial charge in [-0.1, -0.05) is 72.8 Å². The lowest BCUT2D eigenvalue weighted by Gasteiger charge is -2.34. The number of β-amino-alcohol motifs (C(OH)–C–C–N with tert-alkyl or cyclic N) is 1. The molecule has 1 heterocycles. The van der Waals surface area contributed by atoms with Gasteiger partial charge in [0.25, 0.3) is 0 Å². The lowest BCUT2D eigenvalue weighted by Crippen LogP contribution is -2.41. The topological polar surface area (TPSA) is 64.0 Å². The van der Waals surface area contributed by atoms with E-state index < -0.39 is 5.92 Å². The first-order chi connectivity index (χ1) is 15.5. The van der Waals surface area contributed by atoms with Crippen LogP contribution in [-0.2, 0) is 4.79 Å². The van der Waals surface area contributed by atoms with Crippen molar-refractivity contribution in [2.45, 2.75) is 24.5 Å². The number of likely N-dealkylation sites (tertiary alicyclic amines) is 1. The van der Waals surface area contributed by atoms with Crippen molar-refractivity contribution in [1.82, 2.24) is 9.80 Å². The molecule has 1 amide bonds. The largest absolute Gasteiger partial charge is 0.508 e. The molecule has 32 heavy (non-hydrogen) atoms. The lowest BCUT2D eigenvalue weighted by atomic mass is 9.89. The third-order valence-corrected chi connectivity index (χ3v) is 6.26. The van der Waals surface area contributed by atoms with Gasteiger partial charge in [-0.25, -0.2) is 0 Å². The van der Waals surface area contributed by atoms with Crippen LogP contribution in [0.2, 0.25) is 0 Å². The van der Waals surface area contributed by atoms with Gasteiger partial charge in [0.05, 0.1) is 18.1 Å². The summed E-state index contributed by atoms with van der Waals surface area (Å²) in [4.78, 5) is 18.0. The molecule has 1 aliphatic heterocycles. The van der Waals surface area contributed by atoms with Crippen LogP contribution in [-0.4, -0.2) is 58.7 Å². The van der Waals surface area contributed by atoms with Crippen LogP contribution < -0.4 is 0 Å². The summed E-state index contributed by atoms with van der Waals surface area (Å²) in [6, 6.07) is 26.5. The number of phenols is 1. The highest BCUT2D eigenvalue weighted by molar-refractivity contribution is 5.87. The van der Waals surface area contributed by atoms with Gasteiger partial charge in [0.15, 0.2) is 0 Å². The maximum Gasteiger partial charge on any atom is 0.234 e. The lowest BCUT2D eigenvalue weighted by molar-refractivity contribution is -0.133. The average molecular weight is 431 g/mol. The second kappa shape index (κ2) is 9.98. The van der Waals surface area contributed by atoms with Gasteiger partial charge >= 0.3 is 0 Å². The zero-order valence-electron chi connectivity index (χ0n) is 18.3. The number of hydrogen-bond acceptors (Lipinski definition) is 4. The molecule has 0 aliphatic carbocycles. The molecule has 1 fully saturated rings. The smallest absolute Gasteiger partial charge is 0.234 e. The molecule has 0 bridgehead atoms. The van der Waals surface area contributed by atoms with Crippen LogP contribution in [0.4, 0.5) is 0 Å². The third-order valence-electron chi connectivity index (χ3n) is 6.26. The number of carbonyl (C=O) groups excluding carboxylic acids is 1. The highest BCUT2D eigenvalue weighted by Gasteiger charge is 2.32. The predicted octanol–water partition coefficient (Wildman–Crippen LogP) is 3.79. The second-order valence-electron chi connectivity index (χ2n) is 8.52. The number of carbonyl (C=O) groups is 1. The molecular formula is C27H30N2O3. The van der Waals surface area contributed by atoms with Crippen molar-refractivity contribution in [3.63, 3.8) is 0 Å². The van der Waals surface area contributed by atoms with E-state index in [2.05, 4.69) is 4.90 Å². The van der Waals surface area contributed by atoms with Gasteiger partial charge in [-0.2, -0.15) is 0 Å². The third kappa shape index (κ3) is 5.01. The minimum absolute atomic E-state index is 0.00418. The van der Waals surface area contributed by atoms with E-state index >= 15 is 0 Å². The zero-order chi connectivity index (χ0) is 22.5. The summed E-state index contributed by atoms with van der Waals surface area (Å²) in [7, 11) is 1.84.